The minimum atomic E-state index is -5.00. The summed E-state index contributed by atoms with van der Waals surface area (Å²) in [6.45, 7) is 1.36. The lowest BCUT2D eigenvalue weighted by Crippen LogP contribution is -2.32. The van der Waals surface area contributed by atoms with Crippen LogP contribution in [0, 0.1) is 5.82 Å². The van der Waals surface area contributed by atoms with Gasteiger partial charge >= 0.3 is 12.1 Å². The van der Waals surface area contributed by atoms with Crippen LogP contribution in [-0.4, -0.2) is 62.9 Å². The number of esters is 1. The van der Waals surface area contributed by atoms with E-state index in [1.807, 2.05) is 0 Å². The highest BCUT2D eigenvalue weighted by Crippen LogP contribution is 2.29. The molecule has 0 aliphatic rings. The first kappa shape index (κ1) is 25.9. The van der Waals surface area contributed by atoms with E-state index >= 15 is 0 Å². The zero-order chi connectivity index (χ0) is 23.9. The van der Waals surface area contributed by atoms with Gasteiger partial charge in [0.1, 0.15) is 11.5 Å². The van der Waals surface area contributed by atoms with Crippen LogP contribution in [0.15, 0.2) is 29.1 Å². The quantitative estimate of drug-likeness (QED) is 0.146. The highest BCUT2D eigenvalue weighted by molar-refractivity contribution is 6.33. The van der Waals surface area contributed by atoms with Gasteiger partial charge in [0.05, 0.1) is 24.0 Å². The largest absolute Gasteiger partial charge is 0.466 e. The van der Waals surface area contributed by atoms with Crippen molar-refractivity contribution in [3.05, 3.63) is 40.3 Å². The molecule has 170 valence electrons. The van der Waals surface area contributed by atoms with Crippen molar-refractivity contribution < 1.29 is 41.5 Å². The molecule has 8 nitrogen and oxygen atoms in total. The molecule has 0 aliphatic heterocycles. The van der Waals surface area contributed by atoms with Gasteiger partial charge in [0.25, 0.3) is 5.91 Å². The molecule has 0 saturated carbocycles. The van der Waals surface area contributed by atoms with Gasteiger partial charge in [-0.1, -0.05) is 16.8 Å². The van der Waals surface area contributed by atoms with Crippen molar-refractivity contribution in [2.24, 2.45) is 5.16 Å². The van der Waals surface area contributed by atoms with Gasteiger partial charge in [-0.05, 0) is 19.1 Å². The van der Waals surface area contributed by atoms with Crippen molar-refractivity contribution >= 4 is 41.8 Å². The van der Waals surface area contributed by atoms with Crippen molar-refractivity contribution in [3.8, 4) is 0 Å². The van der Waals surface area contributed by atoms with E-state index in [0.29, 0.717) is 4.90 Å². The van der Waals surface area contributed by atoms with E-state index in [0.717, 1.165) is 39.6 Å². The molecule has 0 fully saturated rings. The summed E-state index contributed by atoms with van der Waals surface area (Å²) in [5.74, 6) is -2.98. The Labute approximate surface area is 179 Å². The number of alkyl halides is 3. The number of anilines is 1. The smallest absolute Gasteiger partial charge is 0.431 e. The Morgan fingerprint density at radius 1 is 1.26 bits per heavy atom. The van der Waals surface area contributed by atoms with Gasteiger partial charge in [0.2, 0.25) is 12.5 Å². The summed E-state index contributed by atoms with van der Waals surface area (Å²) in [5, 5.41) is 3.37. The lowest BCUT2D eigenvalue weighted by atomic mass is 10.2. The van der Waals surface area contributed by atoms with Crippen LogP contribution in [-0.2, 0) is 24.0 Å². The Bertz CT molecular complexity index is 905. The molecule has 0 heterocycles. The molecule has 0 spiro atoms. The minimum absolute atomic E-state index is 0.0415. The molecule has 1 atom stereocenters. The van der Waals surface area contributed by atoms with Crippen molar-refractivity contribution in [3.63, 3.8) is 0 Å². The van der Waals surface area contributed by atoms with Crippen molar-refractivity contribution in [1.29, 1.82) is 0 Å². The molecule has 1 unspecified atom stereocenters. The molecule has 1 rings (SSSR count). The Balaban J connectivity index is 3.23. The second-order valence-corrected chi connectivity index (χ2v) is 6.38. The van der Waals surface area contributed by atoms with Crippen LogP contribution in [0.3, 0.4) is 0 Å². The first-order valence-electron chi connectivity index (χ1n) is 8.34. The molecule has 0 bridgehead atoms. The lowest BCUT2D eigenvalue weighted by Gasteiger charge is -2.21. The number of methoxy groups -OCH3 is 1. The average molecular weight is 468 g/mol. The second kappa shape index (κ2) is 10.8. The lowest BCUT2D eigenvalue weighted by molar-refractivity contribution is -0.152. The zero-order valence-electron chi connectivity index (χ0n) is 16.7. The number of benzene rings is 1. The number of ether oxygens (including phenoxy) is 1. The Morgan fingerprint density at radius 2 is 1.87 bits per heavy atom. The fourth-order valence-corrected chi connectivity index (χ4v) is 2.27. The highest BCUT2D eigenvalue weighted by Gasteiger charge is 2.37. The third kappa shape index (κ3) is 6.95. The third-order valence-electron chi connectivity index (χ3n) is 3.79. The van der Waals surface area contributed by atoms with Gasteiger partial charge in [-0.2, -0.15) is 13.2 Å². The standard InChI is InChI=1S/C18H18ClF4N3O5/c1-10(17(29)30-4)31-24-8-11-5-14(13(20)6-12(11)19)26(3)16(28)7-15(18(21,22)23)25(2)9-27/h5-10H,1-4H3/b15-7-,24-8+. The van der Waals surface area contributed by atoms with Crippen LogP contribution >= 0.6 is 11.6 Å². The van der Waals surface area contributed by atoms with Gasteiger partial charge in [-0.3, -0.25) is 9.59 Å². The predicted molar refractivity (Wildman–Crippen MR) is 103 cm³/mol. The van der Waals surface area contributed by atoms with E-state index in [1.165, 1.54) is 6.92 Å². The summed E-state index contributed by atoms with van der Waals surface area (Å²) in [4.78, 5) is 39.8. The molecular weight excluding hydrogens is 450 g/mol. The predicted octanol–water partition coefficient (Wildman–Crippen LogP) is 2.89. The molecule has 1 aromatic rings. The maximum absolute atomic E-state index is 14.3. The first-order chi connectivity index (χ1) is 14.3. The van der Waals surface area contributed by atoms with Crippen molar-refractivity contribution in [2.75, 3.05) is 26.1 Å². The molecule has 0 saturated heterocycles. The summed E-state index contributed by atoms with van der Waals surface area (Å²) in [7, 11) is 2.98. The molecular formula is C18H18ClF4N3O5. The van der Waals surface area contributed by atoms with Crippen LogP contribution in [0.4, 0.5) is 23.2 Å². The number of carbonyl (C=O) groups excluding carboxylic acids is 3. The van der Waals surface area contributed by atoms with Crippen LogP contribution in [0.5, 0.6) is 0 Å². The van der Waals surface area contributed by atoms with E-state index < -0.39 is 41.4 Å². The topological polar surface area (TPSA) is 88.5 Å². The fraction of sp³-hybridized carbons (Fsp3) is 0.333. The molecule has 2 amide bonds. The average Bonchev–Trinajstić information content (AvgIpc) is 2.70. The number of carbonyl (C=O) groups is 3. The SMILES string of the molecule is COC(=O)C(C)O/N=C/c1cc(N(C)C(=O)/C=C(\N(C)C=O)C(F)(F)F)c(F)cc1Cl. The number of rotatable bonds is 8. The van der Waals surface area contributed by atoms with E-state index in [1.54, 1.807) is 0 Å². The summed E-state index contributed by atoms with van der Waals surface area (Å²) in [5.41, 5.74) is -1.93. The number of nitrogens with zero attached hydrogens (tertiary/aromatic N) is 3. The van der Waals surface area contributed by atoms with Crippen LogP contribution in [0.25, 0.3) is 0 Å². The maximum Gasteiger partial charge on any atom is 0.431 e. The van der Waals surface area contributed by atoms with Crippen molar-refractivity contribution in [1.82, 2.24) is 4.90 Å². The normalized spacial score (nSPS) is 13.0. The van der Waals surface area contributed by atoms with Gasteiger partial charge in [0.15, 0.2) is 0 Å². The van der Waals surface area contributed by atoms with Crippen molar-refractivity contribution in [2.45, 2.75) is 19.2 Å². The zero-order valence-corrected chi connectivity index (χ0v) is 17.5. The molecule has 0 N–H and O–H groups in total. The molecule has 0 aromatic heterocycles. The third-order valence-corrected chi connectivity index (χ3v) is 4.12. The van der Waals surface area contributed by atoms with E-state index in [-0.39, 0.29) is 28.0 Å². The van der Waals surface area contributed by atoms with Crippen LogP contribution in [0.2, 0.25) is 5.02 Å². The highest BCUT2D eigenvalue weighted by atomic mass is 35.5. The van der Waals surface area contributed by atoms with Gasteiger partial charge in [-0.25, -0.2) is 9.18 Å². The monoisotopic (exact) mass is 467 g/mol. The van der Waals surface area contributed by atoms with Crippen LogP contribution < -0.4 is 4.90 Å². The molecule has 0 radical (unpaired) electrons. The molecule has 13 heteroatoms. The summed E-state index contributed by atoms with van der Waals surface area (Å²) >= 11 is 5.91. The summed E-state index contributed by atoms with van der Waals surface area (Å²) in [6, 6.07) is 1.85. The van der Waals surface area contributed by atoms with E-state index in [9.17, 15) is 31.9 Å². The Hall–Kier alpha value is -3.15. The second-order valence-electron chi connectivity index (χ2n) is 5.97. The molecule has 31 heavy (non-hydrogen) atoms. The van der Waals surface area contributed by atoms with E-state index in [4.69, 9.17) is 16.4 Å². The minimum Gasteiger partial charge on any atom is -0.466 e. The molecule has 1 aromatic carbocycles. The van der Waals surface area contributed by atoms with Gasteiger partial charge in [-0.15, -0.1) is 0 Å². The number of allylic oxidation sites excluding steroid dienone is 1. The summed E-state index contributed by atoms with van der Waals surface area (Å²) < 4.78 is 58.0. The molecule has 0 aliphatic carbocycles. The first-order valence-corrected chi connectivity index (χ1v) is 8.72. The number of hydrogen-bond acceptors (Lipinski definition) is 6. The number of oxime groups is 1. The summed E-state index contributed by atoms with van der Waals surface area (Å²) in [6.07, 6.45) is -5.02. The number of hydrogen-bond donors (Lipinski definition) is 0. The maximum atomic E-state index is 14.3. The van der Waals surface area contributed by atoms with Gasteiger partial charge in [0, 0.05) is 25.7 Å². The fourth-order valence-electron chi connectivity index (χ4n) is 2.07. The van der Waals surface area contributed by atoms with Gasteiger partial charge < -0.3 is 19.4 Å². The van der Waals surface area contributed by atoms with Crippen LogP contribution in [0.1, 0.15) is 12.5 Å². The Kier molecular flexibility index (Phi) is 8.98. The number of likely N-dealkylation sites (N-methyl/N-ethyl adjacent to an activating group) is 1. The Morgan fingerprint density at radius 3 is 2.39 bits per heavy atom. The number of amides is 2. The van der Waals surface area contributed by atoms with E-state index in [2.05, 4.69) is 9.89 Å². The number of halogens is 5.